The molecular formula is C27H22N8O3S2. The number of carbonyl (C=O) groups excluding carboxylic acids is 1. The van der Waals surface area contributed by atoms with Crippen LogP contribution in [0.3, 0.4) is 0 Å². The summed E-state index contributed by atoms with van der Waals surface area (Å²) < 4.78 is 27.5. The fraction of sp³-hybridized carbons (Fsp3) is 0.111. The number of amides is 1. The Morgan fingerprint density at radius 3 is 2.25 bits per heavy atom. The van der Waals surface area contributed by atoms with Gasteiger partial charge in [-0.1, -0.05) is 49.0 Å². The monoisotopic (exact) mass is 570 g/mol. The summed E-state index contributed by atoms with van der Waals surface area (Å²) in [5, 5.41) is 22.0. The summed E-state index contributed by atoms with van der Waals surface area (Å²) in [7, 11) is -3.93. The molecule has 2 heterocycles. The number of hydrogen-bond donors (Lipinski definition) is 3. The molecule has 4 N–H and O–H groups in total. The van der Waals surface area contributed by atoms with Crippen LogP contribution in [0.5, 0.6) is 0 Å². The van der Waals surface area contributed by atoms with Crippen molar-refractivity contribution in [1.82, 2.24) is 15.0 Å². The van der Waals surface area contributed by atoms with Gasteiger partial charge in [-0.25, -0.2) is 28.1 Å². The van der Waals surface area contributed by atoms with Crippen LogP contribution >= 0.6 is 11.8 Å². The van der Waals surface area contributed by atoms with Crippen LogP contribution in [-0.2, 0) is 14.8 Å². The first kappa shape index (κ1) is 28.0. The molecule has 11 nitrogen and oxygen atoms in total. The Kier molecular flexibility index (Phi) is 8.59. The lowest BCUT2D eigenvalue weighted by molar-refractivity contribution is -0.115. The maximum atomic E-state index is 13.2. The van der Waals surface area contributed by atoms with Crippen LogP contribution in [0.1, 0.15) is 24.5 Å². The Balaban J connectivity index is 1.55. The number of nitrogens with two attached hydrogens (primary N) is 1. The summed E-state index contributed by atoms with van der Waals surface area (Å²) in [5.74, 6) is -0.481. The third kappa shape index (κ3) is 6.18. The van der Waals surface area contributed by atoms with Crippen LogP contribution in [0.4, 0.5) is 17.5 Å². The van der Waals surface area contributed by atoms with E-state index in [-0.39, 0.29) is 38.7 Å². The van der Waals surface area contributed by atoms with E-state index in [2.05, 4.69) is 31.1 Å². The summed E-state index contributed by atoms with van der Waals surface area (Å²) in [4.78, 5) is 25.1. The van der Waals surface area contributed by atoms with Crippen LogP contribution in [-0.4, -0.2) is 34.5 Å². The predicted molar refractivity (Wildman–Crippen MR) is 151 cm³/mol. The number of pyridine rings is 1. The van der Waals surface area contributed by atoms with E-state index in [0.29, 0.717) is 23.2 Å². The molecule has 1 atom stereocenters. The van der Waals surface area contributed by atoms with Crippen molar-refractivity contribution in [2.75, 3.05) is 15.8 Å². The first-order valence-corrected chi connectivity index (χ1v) is 14.2. The van der Waals surface area contributed by atoms with Gasteiger partial charge in [0.1, 0.15) is 28.5 Å². The van der Waals surface area contributed by atoms with Gasteiger partial charge >= 0.3 is 0 Å². The predicted octanol–water partition coefficient (Wildman–Crippen LogP) is 4.17. The van der Waals surface area contributed by atoms with Gasteiger partial charge in [0.2, 0.25) is 11.9 Å². The van der Waals surface area contributed by atoms with Gasteiger partial charge in [-0.15, -0.1) is 0 Å². The number of anilines is 3. The van der Waals surface area contributed by atoms with Gasteiger partial charge in [-0.2, -0.15) is 10.5 Å². The zero-order valence-corrected chi connectivity index (χ0v) is 22.7. The standard InChI is InChI=1S/C27H22N8O3S2/c1-2-22(39-26-21(16-29)23(17-7-4-3-5-8-17)20(15-28)24(30)34-26)25(36)33-18-9-11-19(12-10-18)40(37,38)35-27-31-13-6-14-32-27/h3-14,22H,2H2,1H3,(H2,30,34)(H,33,36)(H,31,32,35). The molecule has 2 aromatic carbocycles. The Hall–Kier alpha value is -4.98. The van der Waals surface area contributed by atoms with Crippen molar-refractivity contribution in [3.05, 3.63) is 84.2 Å². The fourth-order valence-electron chi connectivity index (χ4n) is 3.70. The normalized spacial score (nSPS) is 11.6. The van der Waals surface area contributed by atoms with Crippen molar-refractivity contribution >= 4 is 45.1 Å². The second kappa shape index (κ2) is 12.3. The highest BCUT2D eigenvalue weighted by Crippen LogP contribution is 2.37. The molecule has 0 fully saturated rings. The van der Waals surface area contributed by atoms with E-state index >= 15 is 0 Å². The van der Waals surface area contributed by atoms with Crippen LogP contribution in [0.25, 0.3) is 11.1 Å². The van der Waals surface area contributed by atoms with Gasteiger partial charge in [-0.3, -0.25) is 4.79 Å². The Labute approximate surface area is 235 Å². The molecule has 1 unspecified atom stereocenters. The molecule has 0 saturated carbocycles. The van der Waals surface area contributed by atoms with Crippen molar-refractivity contribution in [2.45, 2.75) is 28.5 Å². The molecule has 0 bridgehead atoms. The molecule has 0 aliphatic heterocycles. The van der Waals surface area contributed by atoms with Gasteiger partial charge in [0.25, 0.3) is 10.0 Å². The van der Waals surface area contributed by atoms with E-state index < -0.39 is 15.3 Å². The molecule has 200 valence electrons. The number of sulfonamides is 1. The highest BCUT2D eigenvalue weighted by Gasteiger charge is 2.26. The highest BCUT2D eigenvalue weighted by atomic mass is 32.2. The minimum Gasteiger partial charge on any atom is -0.383 e. The van der Waals surface area contributed by atoms with E-state index in [4.69, 9.17) is 5.73 Å². The number of aromatic nitrogens is 3. The number of thioether (sulfide) groups is 1. The van der Waals surface area contributed by atoms with Crippen molar-refractivity contribution in [3.8, 4) is 23.3 Å². The van der Waals surface area contributed by atoms with E-state index in [0.717, 1.165) is 11.8 Å². The van der Waals surface area contributed by atoms with E-state index in [9.17, 15) is 23.7 Å². The third-order valence-corrected chi connectivity index (χ3v) is 8.31. The first-order valence-electron chi connectivity index (χ1n) is 11.8. The number of rotatable bonds is 9. The average molecular weight is 571 g/mol. The lowest BCUT2D eigenvalue weighted by atomic mass is 9.97. The molecule has 13 heteroatoms. The highest BCUT2D eigenvalue weighted by molar-refractivity contribution is 8.00. The van der Waals surface area contributed by atoms with E-state index in [1.54, 1.807) is 37.3 Å². The number of nitriles is 2. The molecule has 0 saturated heterocycles. The number of carbonyl (C=O) groups is 1. The van der Waals surface area contributed by atoms with Gasteiger partial charge in [0.15, 0.2) is 0 Å². The number of nitrogens with zero attached hydrogens (tertiary/aromatic N) is 5. The summed E-state index contributed by atoms with van der Waals surface area (Å²) in [6.07, 6.45) is 3.21. The zero-order valence-electron chi connectivity index (χ0n) is 21.1. The van der Waals surface area contributed by atoms with Gasteiger partial charge < -0.3 is 11.1 Å². The second-order valence-corrected chi connectivity index (χ2v) is 11.1. The third-order valence-electron chi connectivity index (χ3n) is 5.62. The lowest BCUT2D eigenvalue weighted by Crippen LogP contribution is -2.25. The first-order chi connectivity index (χ1) is 19.3. The van der Waals surface area contributed by atoms with Crippen LogP contribution in [0, 0.1) is 22.7 Å². The van der Waals surface area contributed by atoms with E-state index in [1.165, 1.54) is 36.7 Å². The topological polar surface area (TPSA) is 188 Å². The summed E-state index contributed by atoms with van der Waals surface area (Å²) >= 11 is 1.06. The van der Waals surface area contributed by atoms with Crippen LogP contribution in [0.15, 0.2) is 83.0 Å². The number of nitrogen functional groups attached to an aromatic ring is 1. The minimum atomic E-state index is -3.93. The molecule has 0 radical (unpaired) electrons. The molecule has 40 heavy (non-hydrogen) atoms. The molecular weight excluding hydrogens is 548 g/mol. The SMILES string of the molecule is CCC(Sc1nc(N)c(C#N)c(-c2ccccc2)c1C#N)C(=O)Nc1ccc(S(=O)(=O)Nc2ncccn2)cc1. The van der Waals surface area contributed by atoms with Crippen molar-refractivity contribution in [1.29, 1.82) is 10.5 Å². The summed E-state index contributed by atoms with van der Waals surface area (Å²) in [5.41, 5.74) is 7.70. The van der Waals surface area contributed by atoms with Gasteiger partial charge in [0.05, 0.1) is 15.7 Å². The van der Waals surface area contributed by atoms with E-state index in [1.807, 2.05) is 12.1 Å². The maximum absolute atomic E-state index is 13.2. The number of nitrogens with one attached hydrogen (secondary N) is 2. The fourth-order valence-corrected chi connectivity index (χ4v) is 5.68. The minimum absolute atomic E-state index is 0.0376. The molecule has 4 rings (SSSR count). The Morgan fingerprint density at radius 1 is 1.00 bits per heavy atom. The summed E-state index contributed by atoms with van der Waals surface area (Å²) in [6.45, 7) is 1.81. The molecule has 0 aliphatic carbocycles. The molecule has 4 aromatic rings. The summed E-state index contributed by atoms with van der Waals surface area (Å²) in [6, 6.07) is 20.2. The average Bonchev–Trinajstić information content (AvgIpc) is 2.96. The quantitative estimate of drug-likeness (QED) is 0.246. The second-order valence-electron chi connectivity index (χ2n) is 8.22. The van der Waals surface area contributed by atoms with Crippen LogP contribution in [0.2, 0.25) is 0 Å². The maximum Gasteiger partial charge on any atom is 0.264 e. The van der Waals surface area contributed by atoms with Crippen molar-refractivity contribution in [3.63, 3.8) is 0 Å². The molecule has 0 aliphatic rings. The zero-order chi connectivity index (χ0) is 28.7. The van der Waals surface area contributed by atoms with Gasteiger partial charge in [0, 0.05) is 23.6 Å². The smallest absolute Gasteiger partial charge is 0.264 e. The largest absolute Gasteiger partial charge is 0.383 e. The van der Waals surface area contributed by atoms with Crippen molar-refractivity contribution in [2.24, 2.45) is 0 Å². The van der Waals surface area contributed by atoms with Gasteiger partial charge in [-0.05, 0) is 42.3 Å². The molecule has 1 amide bonds. The lowest BCUT2D eigenvalue weighted by Gasteiger charge is -2.17. The number of benzene rings is 2. The molecule has 0 spiro atoms. The Morgan fingerprint density at radius 2 is 1.65 bits per heavy atom. The van der Waals surface area contributed by atoms with Crippen molar-refractivity contribution < 1.29 is 13.2 Å². The molecule has 2 aromatic heterocycles. The number of hydrogen-bond acceptors (Lipinski definition) is 10. The van der Waals surface area contributed by atoms with Crippen LogP contribution < -0.4 is 15.8 Å². The Bertz CT molecular complexity index is 1720.